The number of halogens is 1. The van der Waals surface area contributed by atoms with E-state index in [2.05, 4.69) is 4.72 Å². The maximum absolute atomic E-state index is 12.2. The Kier molecular flexibility index (Phi) is 4.15. The van der Waals surface area contributed by atoms with E-state index in [0.717, 1.165) is 12.1 Å². The molecule has 0 amide bonds. The van der Waals surface area contributed by atoms with E-state index in [1.54, 1.807) is 25.1 Å². The second kappa shape index (κ2) is 5.71. The first-order valence-electron chi connectivity index (χ1n) is 5.83. The van der Waals surface area contributed by atoms with Crippen LogP contribution in [0.5, 0.6) is 0 Å². The summed E-state index contributed by atoms with van der Waals surface area (Å²) in [6.45, 7) is 1.72. The number of nitrogens with zero attached hydrogens (tertiary/aromatic N) is 1. The number of hydrogen-bond acceptors (Lipinski definition) is 4. The Morgan fingerprint density at radius 2 is 1.76 bits per heavy atom. The van der Waals surface area contributed by atoms with Crippen LogP contribution >= 0.6 is 11.6 Å². The van der Waals surface area contributed by atoms with Crippen LogP contribution in [0.2, 0.25) is 5.02 Å². The van der Waals surface area contributed by atoms with E-state index in [0.29, 0.717) is 16.3 Å². The number of nitrogens with one attached hydrogen (secondary N) is 1. The molecule has 0 bridgehead atoms. The topological polar surface area (TPSA) is 89.3 Å². The Bertz CT molecular complexity index is 788. The molecule has 0 fully saturated rings. The van der Waals surface area contributed by atoms with Crippen molar-refractivity contribution in [1.29, 1.82) is 0 Å². The summed E-state index contributed by atoms with van der Waals surface area (Å²) in [7, 11) is -3.81. The van der Waals surface area contributed by atoms with E-state index >= 15 is 0 Å². The number of aryl methyl sites for hydroxylation is 1. The number of hydrogen-bond donors (Lipinski definition) is 1. The van der Waals surface area contributed by atoms with Gasteiger partial charge in [0.25, 0.3) is 15.7 Å². The van der Waals surface area contributed by atoms with Crippen molar-refractivity contribution in [1.82, 2.24) is 0 Å². The molecule has 8 heteroatoms. The molecule has 2 aromatic carbocycles. The average molecular weight is 327 g/mol. The molecule has 6 nitrogen and oxygen atoms in total. The molecule has 0 aliphatic heterocycles. The van der Waals surface area contributed by atoms with Crippen LogP contribution in [-0.4, -0.2) is 13.3 Å². The Morgan fingerprint density at radius 3 is 2.29 bits per heavy atom. The third kappa shape index (κ3) is 3.50. The number of benzene rings is 2. The lowest BCUT2D eigenvalue weighted by Crippen LogP contribution is -2.13. The van der Waals surface area contributed by atoms with Crippen molar-refractivity contribution in [3.8, 4) is 0 Å². The molecule has 0 aromatic heterocycles. The molecule has 0 saturated carbocycles. The van der Waals surface area contributed by atoms with Gasteiger partial charge >= 0.3 is 0 Å². The zero-order valence-electron chi connectivity index (χ0n) is 10.9. The van der Waals surface area contributed by atoms with Gasteiger partial charge in [0.2, 0.25) is 0 Å². The molecule has 0 heterocycles. The summed E-state index contributed by atoms with van der Waals surface area (Å²) in [5.74, 6) is 0. The Morgan fingerprint density at radius 1 is 1.14 bits per heavy atom. The summed E-state index contributed by atoms with van der Waals surface area (Å²) in [4.78, 5) is 9.91. The van der Waals surface area contributed by atoms with Crippen molar-refractivity contribution < 1.29 is 13.3 Å². The average Bonchev–Trinajstić information content (AvgIpc) is 2.42. The first kappa shape index (κ1) is 15.3. The highest BCUT2D eigenvalue weighted by molar-refractivity contribution is 7.92. The molecule has 0 unspecified atom stereocenters. The van der Waals surface area contributed by atoms with Crippen molar-refractivity contribution in [3.05, 3.63) is 63.2 Å². The van der Waals surface area contributed by atoms with Crippen LogP contribution in [0, 0.1) is 17.0 Å². The molecule has 0 atom stereocenters. The number of non-ortho nitro benzene ring substituents is 1. The van der Waals surface area contributed by atoms with Gasteiger partial charge in [-0.25, -0.2) is 8.42 Å². The standard InChI is InChI=1S/C13H11ClN2O4S/c1-9-8-10(14)2-7-13(9)15-21(19,20)12-5-3-11(4-6-12)16(17)18/h2-8,15H,1H3. The van der Waals surface area contributed by atoms with E-state index < -0.39 is 14.9 Å². The molecule has 21 heavy (non-hydrogen) atoms. The molecular formula is C13H11ClN2O4S. The van der Waals surface area contributed by atoms with Crippen molar-refractivity contribution in [2.24, 2.45) is 0 Å². The molecule has 110 valence electrons. The second-order valence-electron chi connectivity index (χ2n) is 4.32. The number of anilines is 1. The van der Waals surface area contributed by atoms with Gasteiger partial charge in [-0.05, 0) is 42.8 Å². The molecule has 0 radical (unpaired) electrons. The maximum atomic E-state index is 12.2. The Balaban J connectivity index is 2.31. The van der Waals surface area contributed by atoms with Crippen LogP contribution in [0.3, 0.4) is 0 Å². The summed E-state index contributed by atoms with van der Waals surface area (Å²) in [5.41, 5.74) is 0.905. The summed E-state index contributed by atoms with van der Waals surface area (Å²) < 4.78 is 26.8. The lowest BCUT2D eigenvalue weighted by Gasteiger charge is -2.10. The first-order chi connectivity index (χ1) is 9.79. The molecule has 0 saturated heterocycles. The van der Waals surface area contributed by atoms with Gasteiger partial charge in [0, 0.05) is 17.2 Å². The summed E-state index contributed by atoms with van der Waals surface area (Å²) >= 11 is 5.81. The third-order valence-electron chi connectivity index (χ3n) is 2.79. The maximum Gasteiger partial charge on any atom is 0.269 e. The van der Waals surface area contributed by atoms with Gasteiger partial charge in [-0.3, -0.25) is 14.8 Å². The SMILES string of the molecule is Cc1cc(Cl)ccc1NS(=O)(=O)c1ccc([N+](=O)[O-])cc1. The lowest BCUT2D eigenvalue weighted by molar-refractivity contribution is -0.384. The lowest BCUT2D eigenvalue weighted by atomic mass is 10.2. The quantitative estimate of drug-likeness (QED) is 0.689. The van der Waals surface area contributed by atoms with Gasteiger partial charge in [0.1, 0.15) is 0 Å². The van der Waals surface area contributed by atoms with Gasteiger partial charge in [0.05, 0.1) is 15.5 Å². The first-order valence-corrected chi connectivity index (χ1v) is 7.69. The predicted octanol–water partition coefficient (Wildman–Crippen LogP) is 3.36. The van der Waals surface area contributed by atoms with Crippen LogP contribution < -0.4 is 4.72 Å². The highest BCUT2D eigenvalue weighted by Crippen LogP contribution is 2.23. The number of rotatable bonds is 4. The van der Waals surface area contributed by atoms with E-state index in [1.165, 1.54) is 12.1 Å². The van der Waals surface area contributed by atoms with Gasteiger partial charge in [-0.1, -0.05) is 11.6 Å². The highest BCUT2D eigenvalue weighted by atomic mass is 35.5. The molecule has 2 rings (SSSR count). The molecule has 0 aliphatic carbocycles. The minimum Gasteiger partial charge on any atom is -0.279 e. The Hall–Kier alpha value is -2.12. The monoisotopic (exact) mass is 326 g/mol. The van der Waals surface area contributed by atoms with Gasteiger partial charge in [0.15, 0.2) is 0 Å². The van der Waals surface area contributed by atoms with E-state index in [1.807, 2.05) is 0 Å². The van der Waals surface area contributed by atoms with Crippen LogP contribution in [0.1, 0.15) is 5.56 Å². The number of nitro benzene ring substituents is 1. The van der Waals surface area contributed by atoms with Gasteiger partial charge in [-0.15, -0.1) is 0 Å². The normalized spacial score (nSPS) is 11.1. The molecule has 2 aromatic rings. The van der Waals surface area contributed by atoms with Crippen LogP contribution in [0.25, 0.3) is 0 Å². The summed E-state index contributed by atoms with van der Waals surface area (Å²) in [6.07, 6.45) is 0. The molecule has 0 spiro atoms. The molecule has 1 N–H and O–H groups in total. The van der Waals surface area contributed by atoms with Crippen LogP contribution in [0.15, 0.2) is 47.4 Å². The van der Waals surface area contributed by atoms with Crippen molar-refractivity contribution in [2.45, 2.75) is 11.8 Å². The van der Waals surface area contributed by atoms with Gasteiger partial charge in [-0.2, -0.15) is 0 Å². The minimum atomic E-state index is -3.81. The largest absolute Gasteiger partial charge is 0.279 e. The third-order valence-corrected chi connectivity index (χ3v) is 4.41. The van der Waals surface area contributed by atoms with Crippen molar-refractivity contribution in [3.63, 3.8) is 0 Å². The Labute approximate surface area is 126 Å². The van der Waals surface area contributed by atoms with E-state index in [9.17, 15) is 18.5 Å². The smallest absolute Gasteiger partial charge is 0.269 e. The van der Waals surface area contributed by atoms with Crippen molar-refractivity contribution >= 4 is 33.0 Å². The summed E-state index contributed by atoms with van der Waals surface area (Å²) in [5, 5.41) is 11.1. The van der Waals surface area contributed by atoms with Crippen LogP contribution in [0.4, 0.5) is 11.4 Å². The number of nitro groups is 1. The van der Waals surface area contributed by atoms with Gasteiger partial charge < -0.3 is 0 Å². The highest BCUT2D eigenvalue weighted by Gasteiger charge is 2.16. The molecular weight excluding hydrogens is 316 g/mol. The predicted molar refractivity (Wildman–Crippen MR) is 80.1 cm³/mol. The minimum absolute atomic E-state index is 0.0533. The zero-order valence-corrected chi connectivity index (χ0v) is 12.5. The fourth-order valence-corrected chi connectivity index (χ4v) is 3.05. The van der Waals surface area contributed by atoms with Crippen LogP contribution in [-0.2, 0) is 10.0 Å². The summed E-state index contributed by atoms with van der Waals surface area (Å²) in [6, 6.07) is 9.42. The molecule has 0 aliphatic rings. The fraction of sp³-hybridized carbons (Fsp3) is 0.0769. The fourth-order valence-electron chi connectivity index (χ4n) is 1.69. The number of sulfonamides is 1. The van der Waals surface area contributed by atoms with E-state index in [4.69, 9.17) is 11.6 Å². The zero-order chi connectivity index (χ0) is 15.6. The van der Waals surface area contributed by atoms with Crippen molar-refractivity contribution in [2.75, 3.05) is 4.72 Å². The van der Waals surface area contributed by atoms with E-state index in [-0.39, 0.29) is 10.6 Å². The second-order valence-corrected chi connectivity index (χ2v) is 6.43.